The van der Waals surface area contributed by atoms with Gasteiger partial charge >= 0.3 is 0 Å². The fourth-order valence-electron chi connectivity index (χ4n) is 3.28. The molecule has 6 nitrogen and oxygen atoms in total. The van der Waals surface area contributed by atoms with Gasteiger partial charge in [0.25, 0.3) is 0 Å². The SMILES string of the molecule is CCNC(=NCC(C)(C)C(=O)NC)NC1CCN(Cc2ccc(F)cc2)CC1.I. The van der Waals surface area contributed by atoms with Crippen LogP contribution in [0.2, 0.25) is 0 Å². The summed E-state index contributed by atoms with van der Waals surface area (Å²) in [5.41, 5.74) is 0.592. The van der Waals surface area contributed by atoms with Crippen molar-refractivity contribution < 1.29 is 9.18 Å². The molecule has 0 bridgehead atoms. The number of rotatable bonds is 7. The van der Waals surface area contributed by atoms with E-state index in [1.54, 1.807) is 7.05 Å². The minimum Gasteiger partial charge on any atom is -0.359 e. The minimum absolute atomic E-state index is 0. The van der Waals surface area contributed by atoms with E-state index in [4.69, 9.17) is 0 Å². The third-order valence-electron chi connectivity index (χ3n) is 5.07. The van der Waals surface area contributed by atoms with Gasteiger partial charge in [-0.3, -0.25) is 14.7 Å². The molecule has 0 radical (unpaired) electrons. The summed E-state index contributed by atoms with van der Waals surface area (Å²) in [7, 11) is 1.65. The van der Waals surface area contributed by atoms with Crippen molar-refractivity contribution in [3.63, 3.8) is 0 Å². The molecule has 1 aromatic rings. The van der Waals surface area contributed by atoms with E-state index in [1.165, 1.54) is 12.1 Å². The molecule has 2 rings (SSSR count). The van der Waals surface area contributed by atoms with Gasteiger partial charge in [0.15, 0.2) is 5.96 Å². The molecule has 1 amide bonds. The Balaban J connectivity index is 0.00000420. The zero-order valence-corrected chi connectivity index (χ0v) is 20.3. The van der Waals surface area contributed by atoms with Crippen molar-refractivity contribution in [1.82, 2.24) is 20.9 Å². The maximum atomic E-state index is 13.0. The summed E-state index contributed by atoms with van der Waals surface area (Å²) in [6.45, 7) is 9.84. The first-order valence-corrected chi connectivity index (χ1v) is 10.1. The minimum atomic E-state index is -0.546. The van der Waals surface area contributed by atoms with Crippen molar-refractivity contribution in [2.24, 2.45) is 10.4 Å². The van der Waals surface area contributed by atoms with Gasteiger partial charge in [-0.05, 0) is 51.3 Å². The molecule has 0 aliphatic carbocycles. The van der Waals surface area contributed by atoms with Gasteiger partial charge in [-0.1, -0.05) is 12.1 Å². The average Bonchev–Trinajstić information content (AvgIpc) is 2.69. The molecular weight excluding hydrogens is 484 g/mol. The summed E-state index contributed by atoms with van der Waals surface area (Å²) in [5.74, 6) is 0.555. The number of carbonyl (C=O) groups is 1. The van der Waals surface area contributed by atoms with E-state index in [-0.39, 0.29) is 35.7 Å². The number of guanidine groups is 1. The predicted octanol–water partition coefficient (Wildman–Crippen LogP) is 2.74. The molecule has 0 unspecified atom stereocenters. The van der Waals surface area contributed by atoms with Gasteiger partial charge in [0.05, 0.1) is 12.0 Å². The largest absolute Gasteiger partial charge is 0.359 e. The third-order valence-corrected chi connectivity index (χ3v) is 5.07. The van der Waals surface area contributed by atoms with Crippen molar-refractivity contribution in [2.75, 3.05) is 33.2 Å². The lowest BCUT2D eigenvalue weighted by molar-refractivity contribution is -0.128. The number of amides is 1. The zero-order valence-electron chi connectivity index (χ0n) is 17.9. The Labute approximate surface area is 191 Å². The first-order valence-electron chi connectivity index (χ1n) is 10.1. The zero-order chi connectivity index (χ0) is 20.6. The van der Waals surface area contributed by atoms with Gasteiger partial charge < -0.3 is 16.0 Å². The fraction of sp³-hybridized carbons (Fsp3) is 0.619. The maximum Gasteiger partial charge on any atom is 0.227 e. The molecule has 8 heteroatoms. The lowest BCUT2D eigenvalue weighted by atomic mass is 9.93. The predicted molar refractivity (Wildman–Crippen MR) is 127 cm³/mol. The smallest absolute Gasteiger partial charge is 0.227 e. The quantitative estimate of drug-likeness (QED) is 0.295. The maximum absolute atomic E-state index is 13.0. The number of piperidine rings is 1. The fourth-order valence-corrected chi connectivity index (χ4v) is 3.28. The van der Waals surface area contributed by atoms with Crippen molar-refractivity contribution in [3.05, 3.63) is 35.6 Å². The molecule has 1 fully saturated rings. The average molecular weight is 519 g/mol. The molecule has 1 heterocycles. The van der Waals surface area contributed by atoms with Crippen LogP contribution in [0.3, 0.4) is 0 Å². The molecule has 1 aromatic carbocycles. The number of likely N-dealkylation sites (tertiary alicyclic amines) is 1. The topological polar surface area (TPSA) is 68.8 Å². The highest BCUT2D eigenvalue weighted by atomic mass is 127. The summed E-state index contributed by atoms with van der Waals surface area (Å²) < 4.78 is 13.0. The molecule has 0 aromatic heterocycles. The Morgan fingerprint density at radius 2 is 1.86 bits per heavy atom. The Kier molecular flexibility index (Phi) is 10.9. The van der Waals surface area contributed by atoms with Crippen molar-refractivity contribution in [2.45, 2.75) is 46.2 Å². The number of benzene rings is 1. The highest BCUT2D eigenvalue weighted by Gasteiger charge is 2.27. The second-order valence-electron chi connectivity index (χ2n) is 7.98. The lowest BCUT2D eigenvalue weighted by Gasteiger charge is -2.33. The van der Waals surface area contributed by atoms with Gasteiger partial charge in [0.1, 0.15) is 5.82 Å². The molecule has 164 valence electrons. The van der Waals surface area contributed by atoms with Gasteiger partial charge in [0, 0.05) is 39.3 Å². The van der Waals surface area contributed by atoms with Crippen LogP contribution in [0, 0.1) is 11.2 Å². The van der Waals surface area contributed by atoms with E-state index in [9.17, 15) is 9.18 Å². The molecule has 0 spiro atoms. The normalized spacial score (nSPS) is 16.1. The first-order chi connectivity index (χ1) is 13.3. The summed E-state index contributed by atoms with van der Waals surface area (Å²) in [6.07, 6.45) is 2.04. The summed E-state index contributed by atoms with van der Waals surface area (Å²) in [4.78, 5) is 19.0. The van der Waals surface area contributed by atoms with Crippen LogP contribution in [0.15, 0.2) is 29.3 Å². The van der Waals surface area contributed by atoms with Crippen LogP contribution in [-0.2, 0) is 11.3 Å². The van der Waals surface area contributed by atoms with E-state index >= 15 is 0 Å². The Morgan fingerprint density at radius 1 is 1.24 bits per heavy atom. The Bertz CT molecular complexity index is 658. The Hall–Kier alpha value is -1.42. The summed E-state index contributed by atoms with van der Waals surface area (Å²) in [6, 6.07) is 7.09. The number of nitrogens with one attached hydrogen (secondary N) is 3. The summed E-state index contributed by atoms with van der Waals surface area (Å²) >= 11 is 0. The van der Waals surface area contributed by atoms with Gasteiger partial charge in [-0.2, -0.15) is 0 Å². The monoisotopic (exact) mass is 519 g/mol. The number of aliphatic imine (C=N–C) groups is 1. The number of halogens is 2. The van der Waals surface area contributed by atoms with Crippen LogP contribution in [0.5, 0.6) is 0 Å². The van der Waals surface area contributed by atoms with Crippen molar-refractivity contribution in [1.29, 1.82) is 0 Å². The van der Waals surface area contributed by atoms with Crippen LogP contribution < -0.4 is 16.0 Å². The van der Waals surface area contributed by atoms with Gasteiger partial charge in [0.2, 0.25) is 5.91 Å². The molecule has 0 saturated carbocycles. The Morgan fingerprint density at radius 3 is 2.41 bits per heavy atom. The van der Waals surface area contributed by atoms with Crippen LogP contribution in [0.1, 0.15) is 39.2 Å². The van der Waals surface area contributed by atoms with Crippen molar-refractivity contribution in [3.8, 4) is 0 Å². The highest BCUT2D eigenvalue weighted by Crippen LogP contribution is 2.16. The molecular formula is C21H35FIN5O. The number of nitrogens with zero attached hydrogens (tertiary/aromatic N) is 2. The molecule has 0 atom stereocenters. The first kappa shape index (κ1) is 25.6. The van der Waals surface area contributed by atoms with Crippen LogP contribution in [0.4, 0.5) is 4.39 Å². The molecule has 1 aliphatic heterocycles. The summed E-state index contributed by atoms with van der Waals surface area (Å²) in [5, 5.41) is 9.48. The van der Waals surface area contributed by atoms with E-state index in [0.717, 1.165) is 50.5 Å². The highest BCUT2D eigenvalue weighted by molar-refractivity contribution is 14.0. The number of hydrogen-bond acceptors (Lipinski definition) is 3. The molecule has 3 N–H and O–H groups in total. The van der Waals surface area contributed by atoms with Crippen LogP contribution in [-0.4, -0.2) is 56.0 Å². The standard InChI is InChI=1S/C21H34FN5O.HI/c1-5-24-20(25-15-21(2,3)19(28)23-4)26-18-10-12-27(13-11-18)14-16-6-8-17(22)9-7-16;/h6-9,18H,5,10-15H2,1-4H3,(H,23,28)(H2,24,25,26);1H. The third kappa shape index (κ3) is 8.46. The van der Waals surface area contributed by atoms with E-state index in [0.29, 0.717) is 12.6 Å². The van der Waals surface area contributed by atoms with E-state index in [2.05, 4.69) is 25.8 Å². The second kappa shape index (κ2) is 12.3. The number of carbonyl (C=O) groups excluding carboxylic acids is 1. The van der Waals surface area contributed by atoms with E-state index in [1.807, 2.05) is 32.9 Å². The van der Waals surface area contributed by atoms with E-state index < -0.39 is 5.41 Å². The molecule has 1 saturated heterocycles. The van der Waals surface area contributed by atoms with Gasteiger partial charge in [-0.15, -0.1) is 24.0 Å². The second-order valence-corrected chi connectivity index (χ2v) is 7.98. The van der Waals surface area contributed by atoms with Crippen molar-refractivity contribution >= 4 is 35.8 Å². The van der Waals surface area contributed by atoms with Crippen LogP contribution in [0.25, 0.3) is 0 Å². The number of hydrogen-bond donors (Lipinski definition) is 3. The molecule has 1 aliphatic rings. The van der Waals surface area contributed by atoms with Gasteiger partial charge in [-0.25, -0.2) is 4.39 Å². The lowest BCUT2D eigenvalue weighted by Crippen LogP contribution is -2.49. The van der Waals surface area contributed by atoms with Crippen LogP contribution >= 0.6 is 24.0 Å². The molecule has 29 heavy (non-hydrogen) atoms.